The van der Waals surface area contributed by atoms with E-state index in [1.165, 1.54) is 12.1 Å². The van der Waals surface area contributed by atoms with Crippen molar-refractivity contribution in [1.29, 1.82) is 0 Å². The van der Waals surface area contributed by atoms with Crippen LogP contribution < -0.4 is 15.4 Å². The van der Waals surface area contributed by atoms with E-state index in [4.69, 9.17) is 14.2 Å². The number of nitrogens with one attached hydrogen (secondary N) is 2. The fourth-order valence-electron chi connectivity index (χ4n) is 1.83. The molecule has 1 unspecified atom stereocenters. The lowest BCUT2D eigenvalue weighted by molar-refractivity contribution is 0.0733. The summed E-state index contributed by atoms with van der Waals surface area (Å²) in [6, 6.07) is 5.97. The summed E-state index contributed by atoms with van der Waals surface area (Å²) in [5.74, 6) is 1.06. The summed E-state index contributed by atoms with van der Waals surface area (Å²) in [6.45, 7) is 7.58. The molecule has 0 amide bonds. The second-order valence-corrected chi connectivity index (χ2v) is 5.13. The number of methoxy groups -OCH3 is 1. The Morgan fingerprint density at radius 1 is 1.16 bits per heavy atom. The van der Waals surface area contributed by atoms with Gasteiger partial charge in [0.2, 0.25) is 0 Å². The summed E-state index contributed by atoms with van der Waals surface area (Å²) < 4.78 is 28.9. The van der Waals surface area contributed by atoms with Gasteiger partial charge in [0, 0.05) is 20.2 Å². The summed E-state index contributed by atoms with van der Waals surface area (Å²) in [4.78, 5) is 4.48. The van der Waals surface area contributed by atoms with Crippen molar-refractivity contribution in [3.05, 3.63) is 30.1 Å². The number of benzene rings is 1. The Bertz CT molecular complexity index is 475. The first kappa shape index (κ1) is 23.9. The van der Waals surface area contributed by atoms with Gasteiger partial charge in [0.15, 0.2) is 5.96 Å². The van der Waals surface area contributed by atoms with Gasteiger partial charge in [-0.15, -0.1) is 24.0 Å². The van der Waals surface area contributed by atoms with Crippen LogP contribution in [0.1, 0.15) is 13.8 Å². The molecule has 0 aliphatic carbocycles. The normalized spacial score (nSPS) is 12.2. The van der Waals surface area contributed by atoms with E-state index in [2.05, 4.69) is 15.6 Å². The summed E-state index contributed by atoms with van der Waals surface area (Å²) in [5.41, 5.74) is 0. The molecule has 1 rings (SSSR count). The number of halogens is 2. The highest BCUT2D eigenvalue weighted by molar-refractivity contribution is 14.0. The van der Waals surface area contributed by atoms with Gasteiger partial charge in [-0.1, -0.05) is 0 Å². The minimum Gasteiger partial charge on any atom is -0.489 e. The number of guanidine groups is 1. The number of hydrogen-bond acceptors (Lipinski definition) is 4. The molecule has 8 heteroatoms. The Hall–Kier alpha value is -1.13. The van der Waals surface area contributed by atoms with Crippen LogP contribution in [0.2, 0.25) is 0 Å². The van der Waals surface area contributed by atoms with Gasteiger partial charge in [0.1, 0.15) is 17.7 Å². The predicted molar refractivity (Wildman–Crippen MR) is 109 cm³/mol. The molecule has 0 saturated heterocycles. The van der Waals surface area contributed by atoms with Crippen LogP contribution in [0.5, 0.6) is 5.75 Å². The van der Waals surface area contributed by atoms with Crippen molar-refractivity contribution in [3.63, 3.8) is 0 Å². The highest BCUT2D eigenvalue weighted by Gasteiger charge is 2.05. The van der Waals surface area contributed by atoms with Gasteiger partial charge in [0.05, 0.1) is 26.4 Å². The second kappa shape index (κ2) is 15.2. The Morgan fingerprint density at radius 3 is 2.52 bits per heavy atom. The van der Waals surface area contributed by atoms with Gasteiger partial charge in [0.25, 0.3) is 0 Å². The van der Waals surface area contributed by atoms with Crippen LogP contribution in [0.15, 0.2) is 29.3 Å². The monoisotopic (exact) mass is 469 g/mol. The minimum absolute atomic E-state index is 0. The molecule has 0 saturated carbocycles. The first-order chi connectivity index (χ1) is 11.7. The number of rotatable bonds is 11. The molecule has 0 aromatic heterocycles. The molecule has 0 aliphatic heterocycles. The predicted octanol–water partition coefficient (Wildman–Crippen LogP) is 2.43. The van der Waals surface area contributed by atoms with Crippen LogP contribution in [0.4, 0.5) is 4.39 Å². The summed E-state index contributed by atoms with van der Waals surface area (Å²) in [5, 5.41) is 6.36. The minimum atomic E-state index is -0.278. The maximum Gasteiger partial charge on any atom is 0.191 e. The molecule has 0 aliphatic rings. The molecule has 25 heavy (non-hydrogen) atoms. The molecule has 0 bridgehead atoms. The van der Waals surface area contributed by atoms with Crippen molar-refractivity contribution in [1.82, 2.24) is 10.6 Å². The zero-order valence-corrected chi connectivity index (χ0v) is 17.4. The van der Waals surface area contributed by atoms with Crippen molar-refractivity contribution in [2.24, 2.45) is 4.99 Å². The SMILES string of the molecule is CCNC(=NCC(C)Oc1ccc(F)cc1)NCCOCCOC.I. The average molecular weight is 469 g/mol. The van der Waals surface area contributed by atoms with Crippen molar-refractivity contribution in [2.45, 2.75) is 20.0 Å². The van der Waals surface area contributed by atoms with Gasteiger partial charge in [-0.2, -0.15) is 0 Å². The molecule has 0 fully saturated rings. The van der Waals surface area contributed by atoms with E-state index in [-0.39, 0.29) is 35.9 Å². The van der Waals surface area contributed by atoms with E-state index in [0.717, 1.165) is 6.54 Å². The third kappa shape index (κ3) is 12.0. The van der Waals surface area contributed by atoms with E-state index in [1.54, 1.807) is 19.2 Å². The summed E-state index contributed by atoms with van der Waals surface area (Å²) in [7, 11) is 1.65. The molecule has 1 aromatic carbocycles. The number of hydrogen-bond donors (Lipinski definition) is 2. The van der Waals surface area contributed by atoms with Gasteiger partial charge in [-0.3, -0.25) is 0 Å². The summed E-state index contributed by atoms with van der Waals surface area (Å²) >= 11 is 0. The molecule has 2 N–H and O–H groups in total. The second-order valence-electron chi connectivity index (χ2n) is 5.13. The largest absolute Gasteiger partial charge is 0.489 e. The van der Waals surface area contributed by atoms with E-state index in [9.17, 15) is 4.39 Å². The first-order valence-corrected chi connectivity index (χ1v) is 8.16. The maximum atomic E-state index is 12.9. The molecule has 144 valence electrons. The lowest BCUT2D eigenvalue weighted by Gasteiger charge is -2.15. The number of aliphatic imine (C=N–C) groups is 1. The van der Waals surface area contributed by atoms with Crippen molar-refractivity contribution < 1.29 is 18.6 Å². The van der Waals surface area contributed by atoms with Crippen LogP contribution in [0.3, 0.4) is 0 Å². The number of nitrogens with zero attached hydrogens (tertiary/aromatic N) is 1. The van der Waals surface area contributed by atoms with E-state index < -0.39 is 0 Å². The fourth-order valence-corrected chi connectivity index (χ4v) is 1.83. The molecule has 1 aromatic rings. The van der Waals surface area contributed by atoms with Gasteiger partial charge in [-0.05, 0) is 38.1 Å². The van der Waals surface area contributed by atoms with Crippen LogP contribution in [0.25, 0.3) is 0 Å². The molecule has 0 spiro atoms. The lowest BCUT2D eigenvalue weighted by Crippen LogP contribution is -2.39. The van der Waals surface area contributed by atoms with E-state index in [1.807, 2.05) is 13.8 Å². The topological polar surface area (TPSA) is 64.1 Å². The maximum absolute atomic E-state index is 12.9. The quantitative estimate of drug-likeness (QED) is 0.226. The van der Waals surface area contributed by atoms with Crippen LogP contribution in [-0.2, 0) is 9.47 Å². The first-order valence-electron chi connectivity index (χ1n) is 8.16. The highest BCUT2D eigenvalue weighted by Crippen LogP contribution is 2.12. The Labute approximate surface area is 166 Å². The van der Waals surface area contributed by atoms with E-state index >= 15 is 0 Å². The van der Waals surface area contributed by atoms with Crippen LogP contribution in [-0.4, -0.2) is 58.6 Å². The third-order valence-corrected chi connectivity index (χ3v) is 2.97. The zero-order chi connectivity index (χ0) is 17.6. The van der Waals surface area contributed by atoms with Crippen molar-refractivity contribution in [3.8, 4) is 5.75 Å². The third-order valence-electron chi connectivity index (χ3n) is 2.97. The van der Waals surface area contributed by atoms with Crippen molar-refractivity contribution >= 4 is 29.9 Å². The summed E-state index contributed by atoms with van der Waals surface area (Å²) in [6.07, 6.45) is -0.121. The standard InChI is InChI=1S/C17H28FN3O3.HI/c1-4-19-17(20-9-10-23-12-11-22-3)21-13-14(2)24-16-7-5-15(18)6-8-16;/h5-8,14H,4,9-13H2,1-3H3,(H2,19,20,21);1H. The smallest absolute Gasteiger partial charge is 0.191 e. The Balaban J connectivity index is 0.00000576. The lowest BCUT2D eigenvalue weighted by atomic mass is 10.3. The van der Waals surface area contributed by atoms with Crippen LogP contribution >= 0.6 is 24.0 Å². The fraction of sp³-hybridized carbons (Fsp3) is 0.588. The molecule has 1 atom stereocenters. The van der Waals surface area contributed by atoms with Gasteiger partial charge >= 0.3 is 0 Å². The molecule has 0 heterocycles. The molecule has 6 nitrogen and oxygen atoms in total. The Kier molecular flexibility index (Phi) is 14.5. The average Bonchev–Trinajstić information content (AvgIpc) is 2.57. The van der Waals surface area contributed by atoms with Gasteiger partial charge < -0.3 is 24.8 Å². The molecular weight excluding hydrogens is 440 g/mol. The van der Waals surface area contributed by atoms with E-state index in [0.29, 0.717) is 44.6 Å². The van der Waals surface area contributed by atoms with Gasteiger partial charge in [-0.25, -0.2) is 9.38 Å². The zero-order valence-electron chi connectivity index (χ0n) is 15.1. The highest BCUT2D eigenvalue weighted by atomic mass is 127. The Morgan fingerprint density at radius 2 is 1.88 bits per heavy atom. The molecular formula is C17H29FIN3O3. The molecule has 0 radical (unpaired) electrons. The number of ether oxygens (including phenoxy) is 3. The van der Waals surface area contributed by atoms with Crippen molar-refractivity contribution in [2.75, 3.05) is 46.6 Å². The van der Waals surface area contributed by atoms with Crippen LogP contribution in [0, 0.1) is 5.82 Å².